The van der Waals surface area contributed by atoms with Crippen molar-refractivity contribution in [2.24, 2.45) is 0 Å². The van der Waals surface area contributed by atoms with Crippen molar-refractivity contribution in [2.75, 3.05) is 12.0 Å². The van der Waals surface area contributed by atoms with Gasteiger partial charge in [-0.3, -0.25) is 9.67 Å². The molecule has 0 aromatic carbocycles. The second kappa shape index (κ2) is 7.77. The van der Waals surface area contributed by atoms with Crippen molar-refractivity contribution >= 4 is 11.7 Å². The molecule has 5 rings (SSSR count). The zero-order valence-electron chi connectivity index (χ0n) is 18.1. The van der Waals surface area contributed by atoms with Crippen LogP contribution in [-0.4, -0.2) is 50.6 Å². The van der Waals surface area contributed by atoms with Crippen molar-refractivity contribution in [3.63, 3.8) is 0 Å². The molecular formula is C22H21F2N5O4. The number of rotatable bonds is 6. The summed E-state index contributed by atoms with van der Waals surface area (Å²) in [4.78, 5) is 22.6. The van der Waals surface area contributed by atoms with Crippen LogP contribution in [0.3, 0.4) is 0 Å². The number of hydrogen-bond donors (Lipinski definition) is 1. The Morgan fingerprint density at radius 1 is 1.33 bits per heavy atom. The number of hydrogen-bond acceptors (Lipinski definition) is 7. The lowest BCUT2D eigenvalue weighted by Gasteiger charge is -2.33. The third-order valence-electron chi connectivity index (χ3n) is 5.95. The van der Waals surface area contributed by atoms with E-state index in [9.17, 15) is 18.7 Å². The van der Waals surface area contributed by atoms with Gasteiger partial charge in [0, 0.05) is 23.5 Å². The van der Waals surface area contributed by atoms with E-state index in [1.165, 1.54) is 24.1 Å². The van der Waals surface area contributed by atoms with Crippen LogP contribution >= 0.6 is 0 Å². The number of methoxy groups -OCH3 is 1. The van der Waals surface area contributed by atoms with Crippen LogP contribution in [0, 0.1) is 6.92 Å². The molecule has 33 heavy (non-hydrogen) atoms. The van der Waals surface area contributed by atoms with Crippen LogP contribution in [0.1, 0.15) is 46.2 Å². The highest BCUT2D eigenvalue weighted by Crippen LogP contribution is 2.53. The van der Waals surface area contributed by atoms with E-state index < -0.39 is 18.9 Å². The summed E-state index contributed by atoms with van der Waals surface area (Å²) < 4.78 is 37.7. The molecule has 2 aliphatic heterocycles. The Kier molecular flexibility index (Phi) is 5.00. The molecule has 0 aliphatic carbocycles. The first-order valence-corrected chi connectivity index (χ1v) is 10.3. The number of epoxide rings is 1. The van der Waals surface area contributed by atoms with Gasteiger partial charge in [-0.15, -0.1) is 0 Å². The second-order valence-electron chi connectivity index (χ2n) is 8.05. The lowest BCUT2D eigenvalue weighted by Crippen LogP contribution is -2.35. The van der Waals surface area contributed by atoms with Gasteiger partial charge in [-0.05, 0) is 31.5 Å². The molecular weight excluding hydrogens is 436 g/mol. The molecule has 5 heterocycles. The van der Waals surface area contributed by atoms with E-state index in [2.05, 4.69) is 10.1 Å². The van der Waals surface area contributed by atoms with E-state index in [1.54, 1.807) is 12.4 Å². The van der Waals surface area contributed by atoms with Gasteiger partial charge < -0.3 is 19.5 Å². The zero-order valence-corrected chi connectivity index (χ0v) is 18.1. The number of alkyl halides is 2. The third-order valence-corrected chi connectivity index (χ3v) is 5.95. The number of carboxylic acid groups (broad SMARTS) is 1. The molecule has 0 radical (unpaired) electrons. The first-order valence-electron chi connectivity index (χ1n) is 10.3. The first kappa shape index (κ1) is 21.3. The molecule has 3 aromatic heterocycles. The van der Waals surface area contributed by atoms with Crippen LogP contribution < -0.4 is 9.64 Å². The monoisotopic (exact) mass is 457 g/mol. The number of aromatic carboxylic acids is 1. The number of carboxylic acids is 1. The number of halogens is 2. The average molecular weight is 457 g/mol. The lowest BCUT2D eigenvalue weighted by atomic mass is 9.93. The Morgan fingerprint density at radius 3 is 2.82 bits per heavy atom. The fourth-order valence-corrected chi connectivity index (χ4v) is 4.43. The number of pyridine rings is 2. The molecule has 0 bridgehead atoms. The highest BCUT2D eigenvalue weighted by atomic mass is 19.3. The minimum Gasteiger partial charge on any atom is -0.480 e. The Balaban J connectivity index is 1.54. The molecule has 2 aliphatic rings. The summed E-state index contributed by atoms with van der Waals surface area (Å²) >= 11 is 0. The van der Waals surface area contributed by atoms with Gasteiger partial charge in [0.15, 0.2) is 6.23 Å². The predicted octanol–water partition coefficient (Wildman–Crippen LogP) is 3.60. The van der Waals surface area contributed by atoms with Crippen molar-refractivity contribution in [1.29, 1.82) is 0 Å². The van der Waals surface area contributed by atoms with Gasteiger partial charge in [0.2, 0.25) is 5.88 Å². The minimum atomic E-state index is -2.50. The summed E-state index contributed by atoms with van der Waals surface area (Å²) in [7, 11) is 1.36. The smallest absolute Gasteiger partial charge is 0.341 e. The lowest BCUT2D eigenvalue weighted by molar-refractivity contribution is 0.0692. The summed E-state index contributed by atoms with van der Waals surface area (Å²) in [6, 6.07) is 3.14. The number of anilines is 1. The van der Waals surface area contributed by atoms with E-state index in [0.29, 0.717) is 16.9 Å². The van der Waals surface area contributed by atoms with E-state index in [1.807, 2.05) is 24.8 Å². The minimum absolute atomic E-state index is 0.0236. The van der Waals surface area contributed by atoms with Crippen LogP contribution in [0.2, 0.25) is 0 Å². The van der Waals surface area contributed by atoms with Crippen LogP contribution in [-0.2, 0) is 11.3 Å². The summed E-state index contributed by atoms with van der Waals surface area (Å²) in [6.45, 7) is 3.44. The maximum atomic E-state index is 12.7. The fourth-order valence-electron chi connectivity index (χ4n) is 4.43. The highest BCUT2D eigenvalue weighted by molar-refractivity contribution is 5.91. The number of aromatic nitrogens is 4. The summed E-state index contributed by atoms with van der Waals surface area (Å²) in [5, 5.41) is 13.5. The van der Waals surface area contributed by atoms with Crippen molar-refractivity contribution in [3.8, 4) is 17.1 Å². The van der Waals surface area contributed by atoms with Gasteiger partial charge in [-0.2, -0.15) is 5.10 Å². The van der Waals surface area contributed by atoms with E-state index >= 15 is 0 Å². The number of nitrogens with zero attached hydrogens (tertiary/aromatic N) is 5. The average Bonchev–Trinajstić information content (AvgIpc) is 3.42. The molecule has 172 valence electrons. The molecule has 0 saturated carbocycles. The zero-order chi connectivity index (χ0) is 23.4. The Bertz CT molecular complexity index is 1250. The van der Waals surface area contributed by atoms with Crippen molar-refractivity contribution in [3.05, 3.63) is 53.1 Å². The number of fused-ring (bicyclic) bond motifs is 3. The van der Waals surface area contributed by atoms with Gasteiger partial charge in [0.05, 0.1) is 36.4 Å². The maximum absolute atomic E-state index is 12.7. The molecule has 3 atom stereocenters. The Hall–Kier alpha value is -3.60. The number of aryl methyl sites for hydroxylation is 1. The van der Waals surface area contributed by atoms with Crippen LogP contribution in [0.5, 0.6) is 5.88 Å². The van der Waals surface area contributed by atoms with E-state index in [-0.39, 0.29) is 29.8 Å². The number of ether oxygens (including phenoxy) is 2. The van der Waals surface area contributed by atoms with Gasteiger partial charge in [0.1, 0.15) is 18.2 Å². The highest BCUT2D eigenvalue weighted by Gasteiger charge is 2.53. The predicted molar refractivity (Wildman–Crippen MR) is 112 cm³/mol. The largest absolute Gasteiger partial charge is 0.480 e. The normalized spacial score (nSPS) is 21.0. The van der Waals surface area contributed by atoms with Crippen molar-refractivity contribution in [2.45, 2.75) is 45.2 Å². The SMILES string of the molecule is COc1ncc(-c2cc(C)c3c(n2)C(C)N(c2cnn(CC(F)F)c2)C2OC32)cc1C(=O)O. The molecule has 1 N–H and O–H groups in total. The molecule has 1 saturated heterocycles. The molecule has 3 unspecified atom stereocenters. The molecule has 0 amide bonds. The van der Waals surface area contributed by atoms with Gasteiger partial charge in [-0.1, -0.05) is 0 Å². The second-order valence-corrected chi connectivity index (χ2v) is 8.05. The maximum Gasteiger partial charge on any atom is 0.341 e. The molecule has 0 spiro atoms. The summed E-state index contributed by atoms with van der Waals surface area (Å²) in [5.41, 5.74) is 4.47. The van der Waals surface area contributed by atoms with Crippen LogP contribution in [0.4, 0.5) is 14.5 Å². The summed E-state index contributed by atoms with van der Waals surface area (Å²) in [5.74, 6) is -1.12. The molecule has 3 aromatic rings. The first-order chi connectivity index (χ1) is 15.8. The van der Waals surface area contributed by atoms with Crippen molar-refractivity contribution in [1.82, 2.24) is 19.7 Å². The summed E-state index contributed by atoms with van der Waals surface area (Å²) in [6.07, 6.45) is 1.75. The fraction of sp³-hybridized carbons (Fsp3) is 0.364. The van der Waals surface area contributed by atoms with Crippen LogP contribution in [0.25, 0.3) is 11.3 Å². The standard InChI is InChI=1S/C22H21F2N5O4/c1-10-4-15(12-5-14(22(30)31)20(32-3)25-6-12)27-18-11(2)29(21-19(33-21)17(10)18)13-7-26-28(8-13)9-16(23)24/h4-8,11,16,19,21H,9H2,1-3H3,(H,30,31). The Labute approximate surface area is 187 Å². The van der Waals surface area contributed by atoms with E-state index in [4.69, 9.17) is 14.5 Å². The van der Waals surface area contributed by atoms with Crippen molar-refractivity contribution < 1.29 is 28.2 Å². The van der Waals surface area contributed by atoms with Gasteiger partial charge >= 0.3 is 5.97 Å². The number of carbonyl (C=O) groups is 1. The third kappa shape index (κ3) is 3.58. The molecule has 1 fully saturated rings. The Morgan fingerprint density at radius 2 is 2.12 bits per heavy atom. The van der Waals surface area contributed by atoms with E-state index in [0.717, 1.165) is 16.8 Å². The topological polar surface area (TPSA) is 106 Å². The quantitative estimate of drug-likeness (QED) is 0.560. The van der Waals surface area contributed by atoms with Gasteiger partial charge in [0.25, 0.3) is 6.43 Å². The van der Waals surface area contributed by atoms with Crippen LogP contribution in [0.15, 0.2) is 30.7 Å². The van der Waals surface area contributed by atoms with Gasteiger partial charge in [-0.25, -0.2) is 18.6 Å². The molecule has 11 heteroatoms. The molecule has 9 nitrogen and oxygen atoms in total.